The van der Waals surface area contributed by atoms with Crippen LogP contribution >= 0.6 is 11.3 Å². The second-order valence-corrected chi connectivity index (χ2v) is 15.2. The summed E-state index contributed by atoms with van der Waals surface area (Å²) in [6.45, 7) is 17.2. The van der Waals surface area contributed by atoms with Gasteiger partial charge in [-0.2, -0.15) is 0 Å². The third kappa shape index (κ3) is 10.9. The number of thiazole rings is 1. The van der Waals surface area contributed by atoms with E-state index in [1.807, 2.05) is 75.4 Å². The number of rotatable bonds is 20. The number of amides is 3. The van der Waals surface area contributed by atoms with Crippen molar-refractivity contribution in [2.45, 2.75) is 110 Å². The molecule has 0 unspecified atom stereocenters. The fourth-order valence-electron chi connectivity index (χ4n) is 7.18. The van der Waals surface area contributed by atoms with Crippen LogP contribution in [0.15, 0.2) is 54.1 Å². The number of aromatic nitrogens is 1. The Kier molecular flexibility index (Phi) is 16.6. The van der Waals surface area contributed by atoms with Crippen molar-refractivity contribution in [1.82, 2.24) is 25.4 Å². The summed E-state index contributed by atoms with van der Waals surface area (Å²) in [6.07, 6.45) is 3.84. The van der Waals surface area contributed by atoms with Crippen LogP contribution in [-0.2, 0) is 30.3 Å². The van der Waals surface area contributed by atoms with Gasteiger partial charge in [0.2, 0.25) is 17.7 Å². The van der Waals surface area contributed by atoms with E-state index in [0.717, 1.165) is 35.4 Å². The standard InChI is InChI=1S/C39H61N5O5S/c1-11-27(6)35(43(8)39(47)34(26(4)5)41-24-25(2)3)32(48-9)23-33(45)44-20-15-18-31(44)36(49-10)28(7)37(46)42-30(38-40-19-21-50-38)22-29-16-13-12-14-17-29/h12-14,16-17,19,21,26-28,30-32,34-36,41H,2,11,15,18,20,22-24H2,1,3-10H3,(H,42,46)/t27-,28+,30-,31-,32+,34-,35-,36+/m0/s1. The Labute approximate surface area is 304 Å². The zero-order valence-electron chi connectivity index (χ0n) is 31.7. The van der Waals surface area contributed by atoms with Gasteiger partial charge in [0.1, 0.15) is 5.01 Å². The van der Waals surface area contributed by atoms with Crippen molar-refractivity contribution in [2.75, 3.05) is 34.4 Å². The normalized spacial score (nSPS) is 18.9. The number of ether oxygens (including phenoxy) is 2. The van der Waals surface area contributed by atoms with Gasteiger partial charge in [0.15, 0.2) is 0 Å². The Balaban J connectivity index is 1.77. The predicted molar refractivity (Wildman–Crippen MR) is 201 cm³/mol. The average Bonchev–Trinajstić information content (AvgIpc) is 3.81. The Hall–Kier alpha value is -3.12. The molecule has 2 N–H and O–H groups in total. The number of likely N-dealkylation sites (N-methyl/N-ethyl adjacent to an activating group) is 1. The number of hydrogen-bond donors (Lipinski definition) is 2. The predicted octanol–water partition coefficient (Wildman–Crippen LogP) is 5.65. The van der Waals surface area contributed by atoms with Crippen LogP contribution < -0.4 is 10.6 Å². The molecule has 50 heavy (non-hydrogen) atoms. The van der Waals surface area contributed by atoms with Gasteiger partial charge in [-0.3, -0.25) is 14.4 Å². The zero-order valence-corrected chi connectivity index (χ0v) is 32.5. The first-order chi connectivity index (χ1) is 23.8. The maximum atomic E-state index is 14.2. The van der Waals surface area contributed by atoms with Crippen LogP contribution in [-0.4, -0.2) is 97.2 Å². The summed E-state index contributed by atoms with van der Waals surface area (Å²) < 4.78 is 12.1. The van der Waals surface area contributed by atoms with Gasteiger partial charge in [0, 0.05) is 45.9 Å². The molecule has 1 aromatic heterocycles. The monoisotopic (exact) mass is 711 g/mol. The van der Waals surface area contributed by atoms with E-state index in [9.17, 15) is 14.4 Å². The number of hydrogen-bond acceptors (Lipinski definition) is 8. The SMILES string of the molecule is C=C(C)CN[C@H](C(=O)N(C)[C@@H]([C@@H](C)CC)[C@@H](CC(=O)N1CCC[C@H]1[C@H](OC)[C@@H](C)C(=O)N[C@@H](Cc1ccccc1)c1nccs1)OC)C(C)C. The van der Waals surface area contributed by atoms with Gasteiger partial charge < -0.3 is 29.9 Å². The lowest BCUT2D eigenvalue weighted by Crippen LogP contribution is -2.57. The van der Waals surface area contributed by atoms with Crippen molar-refractivity contribution in [3.63, 3.8) is 0 Å². The fourth-order valence-corrected chi connectivity index (χ4v) is 7.87. The Morgan fingerprint density at radius 1 is 1.12 bits per heavy atom. The molecule has 1 saturated heterocycles. The van der Waals surface area contributed by atoms with Crippen molar-refractivity contribution in [3.05, 3.63) is 64.6 Å². The van der Waals surface area contributed by atoms with Crippen LogP contribution in [0, 0.1) is 17.8 Å². The van der Waals surface area contributed by atoms with E-state index in [1.165, 1.54) is 11.3 Å². The molecule has 0 saturated carbocycles. The molecule has 1 aromatic carbocycles. The van der Waals surface area contributed by atoms with E-state index < -0.39 is 24.2 Å². The highest BCUT2D eigenvalue weighted by Crippen LogP contribution is 2.30. The Morgan fingerprint density at radius 3 is 2.38 bits per heavy atom. The van der Waals surface area contributed by atoms with Crippen LogP contribution in [0.1, 0.15) is 83.8 Å². The number of nitrogens with zero attached hydrogens (tertiary/aromatic N) is 3. The van der Waals surface area contributed by atoms with Crippen molar-refractivity contribution >= 4 is 29.1 Å². The van der Waals surface area contributed by atoms with Gasteiger partial charge in [-0.05, 0) is 43.6 Å². The molecule has 3 amide bonds. The maximum Gasteiger partial charge on any atom is 0.240 e. The molecular weight excluding hydrogens is 651 g/mol. The molecule has 2 heterocycles. The van der Waals surface area contributed by atoms with Crippen LogP contribution in [0.4, 0.5) is 0 Å². The van der Waals surface area contributed by atoms with Crippen LogP contribution in [0.2, 0.25) is 0 Å². The summed E-state index contributed by atoms with van der Waals surface area (Å²) >= 11 is 1.52. The molecular formula is C39H61N5O5S. The zero-order chi connectivity index (χ0) is 37.0. The molecule has 278 valence electrons. The quantitative estimate of drug-likeness (QED) is 0.171. The van der Waals surface area contributed by atoms with Gasteiger partial charge in [0.05, 0.1) is 48.7 Å². The third-order valence-corrected chi connectivity index (χ3v) is 11.1. The number of likely N-dealkylation sites (tertiary alicyclic amines) is 1. The number of nitrogens with one attached hydrogen (secondary N) is 2. The van der Waals surface area contributed by atoms with E-state index in [2.05, 4.69) is 36.0 Å². The lowest BCUT2D eigenvalue weighted by Gasteiger charge is -2.41. The second-order valence-electron chi connectivity index (χ2n) is 14.3. The lowest BCUT2D eigenvalue weighted by atomic mass is 9.89. The Morgan fingerprint density at radius 2 is 1.82 bits per heavy atom. The smallest absolute Gasteiger partial charge is 0.240 e. The maximum absolute atomic E-state index is 14.2. The summed E-state index contributed by atoms with van der Waals surface area (Å²) in [6, 6.07) is 8.80. The fraction of sp³-hybridized carbons (Fsp3) is 0.641. The summed E-state index contributed by atoms with van der Waals surface area (Å²) in [5.74, 6) is -0.598. The number of carbonyl (C=O) groups is 3. The summed E-state index contributed by atoms with van der Waals surface area (Å²) in [4.78, 5) is 50.1. The lowest BCUT2D eigenvalue weighted by molar-refractivity contribution is -0.147. The summed E-state index contributed by atoms with van der Waals surface area (Å²) in [7, 11) is 5.05. The van der Waals surface area contributed by atoms with Crippen molar-refractivity contribution in [1.29, 1.82) is 0 Å². The van der Waals surface area contributed by atoms with E-state index in [0.29, 0.717) is 19.5 Å². The van der Waals surface area contributed by atoms with Crippen LogP contribution in [0.3, 0.4) is 0 Å². The van der Waals surface area contributed by atoms with E-state index in [4.69, 9.17) is 9.47 Å². The highest BCUT2D eigenvalue weighted by molar-refractivity contribution is 7.09. The van der Waals surface area contributed by atoms with Gasteiger partial charge in [-0.15, -0.1) is 11.3 Å². The average molecular weight is 712 g/mol. The molecule has 10 nitrogen and oxygen atoms in total. The first-order valence-electron chi connectivity index (χ1n) is 18.1. The largest absolute Gasteiger partial charge is 0.379 e. The molecule has 11 heteroatoms. The molecule has 2 aromatic rings. The topological polar surface area (TPSA) is 113 Å². The van der Waals surface area contributed by atoms with Crippen molar-refractivity contribution < 1.29 is 23.9 Å². The number of benzene rings is 1. The van der Waals surface area contributed by atoms with Gasteiger partial charge in [0.25, 0.3) is 0 Å². The summed E-state index contributed by atoms with van der Waals surface area (Å²) in [5.41, 5.74) is 2.06. The first kappa shape index (κ1) is 41.3. The molecule has 0 spiro atoms. The number of methoxy groups -OCH3 is 2. The molecule has 3 rings (SSSR count). The highest BCUT2D eigenvalue weighted by Gasteiger charge is 2.43. The third-order valence-electron chi connectivity index (χ3n) is 10.2. The first-order valence-corrected chi connectivity index (χ1v) is 18.9. The van der Waals surface area contributed by atoms with Crippen molar-refractivity contribution in [3.8, 4) is 0 Å². The van der Waals surface area contributed by atoms with Crippen LogP contribution in [0.5, 0.6) is 0 Å². The Bertz CT molecular complexity index is 1360. The highest BCUT2D eigenvalue weighted by atomic mass is 32.1. The van der Waals surface area contributed by atoms with Gasteiger partial charge in [-0.1, -0.05) is 83.5 Å². The minimum atomic E-state index is -0.522. The second kappa shape index (κ2) is 20.1. The minimum absolute atomic E-state index is 0.0253. The molecule has 1 aliphatic heterocycles. The molecule has 0 aliphatic carbocycles. The van der Waals surface area contributed by atoms with Crippen molar-refractivity contribution in [2.24, 2.45) is 17.8 Å². The molecule has 8 atom stereocenters. The van der Waals surface area contributed by atoms with E-state index >= 15 is 0 Å². The molecule has 0 radical (unpaired) electrons. The molecule has 1 fully saturated rings. The van der Waals surface area contributed by atoms with Gasteiger partial charge >= 0.3 is 0 Å². The minimum Gasteiger partial charge on any atom is -0.379 e. The molecule has 0 bridgehead atoms. The molecule has 1 aliphatic rings. The number of carbonyl (C=O) groups excluding carboxylic acids is 3. The van der Waals surface area contributed by atoms with Gasteiger partial charge in [-0.25, -0.2) is 4.98 Å². The van der Waals surface area contributed by atoms with E-state index in [1.54, 1.807) is 25.3 Å². The summed E-state index contributed by atoms with van der Waals surface area (Å²) in [5, 5.41) is 9.37. The van der Waals surface area contributed by atoms with Crippen LogP contribution in [0.25, 0.3) is 0 Å². The van der Waals surface area contributed by atoms with E-state index in [-0.39, 0.29) is 54.1 Å².